The van der Waals surface area contributed by atoms with E-state index in [2.05, 4.69) is 0 Å². The Morgan fingerprint density at radius 1 is 1.38 bits per heavy atom. The predicted molar refractivity (Wildman–Crippen MR) is 60.6 cm³/mol. The van der Waals surface area contributed by atoms with Crippen molar-refractivity contribution in [1.82, 2.24) is 0 Å². The molecule has 0 fully saturated rings. The quantitative estimate of drug-likeness (QED) is 0.779. The van der Waals surface area contributed by atoms with E-state index >= 15 is 0 Å². The standard InChI is InChI=1S/C7H8O3S.C3H8FN/c1-6-2-4-7(5-3-6)11(8,9)10;1-3(4)2-5/h2-5H,1H3,(H,8,9,10);3H,2,5H2,1H3/t;3-/m.0/s1. The molecule has 0 saturated heterocycles. The molecule has 3 N–H and O–H groups in total. The van der Waals surface area contributed by atoms with E-state index in [4.69, 9.17) is 10.3 Å². The van der Waals surface area contributed by atoms with Crippen molar-refractivity contribution in [3.05, 3.63) is 29.8 Å². The van der Waals surface area contributed by atoms with Crippen molar-refractivity contribution in [3.63, 3.8) is 0 Å². The predicted octanol–water partition coefficient (Wildman–Crippen LogP) is 1.54. The van der Waals surface area contributed by atoms with E-state index in [1.54, 1.807) is 12.1 Å². The van der Waals surface area contributed by atoms with Crippen LogP contribution in [0.5, 0.6) is 0 Å². The van der Waals surface area contributed by atoms with E-state index in [0.29, 0.717) is 0 Å². The zero-order chi connectivity index (χ0) is 12.8. The largest absolute Gasteiger partial charge is 0.328 e. The van der Waals surface area contributed by atoms with Gasteiger partial charge in [-0.1, -0.05) is 17.7 Å². The van der Waals surface area contributed by atoms with Crippen LogP contribution in [0.4, 0.5) is 4.39 Å². The highest BCUT2D eigenvalue weighted by Crippen LogP contribution is 2.08. The summed E-state index contributed by atoms with van der Waals surface area (Å²) < 4.78 is 40.9. The molecule has 4 nitrogen and oxygen atoms in total. The average molecular weight is 249 g/mol. The second kappa shape index (κ2) is 6.57. The first-order chi connectivity index (χ1) is 7.27. The normalized spacial score (nSPS) is 12.6. The molecule has 0 heterocycles. The zero-order valence-electron chi connectivity index (χ0n) is 9.22. The van der Waals surface area contributed by atoms with Gasteiger partial charge in [-0.3, -0.25) is 4.55 Å². The van der Waals surface area contributed by atoms with E-state index in [1.165, 1.54) is 19.1 Å². The summed E-state index contributed by atoms with van der Waals surface area (Å²) in [5.74, 6) is 0. The average Bonchev–Trinajstić information content (AvgIpc) is 2.18. The SMILES string of the molecule is C[C@H](F)CN.Cc1ccc(S(=O)(=O)O)cc1. The van der Waals surface area contributed by atoms with Crippen LogP contribution < -0.4 is 5.73 Å². The van der Waals surface area contributed by atoms with E-state index in [0.717, 1.165) is 5.56 Å². The highest BCUT2D eigenvalue weighted by atomic mass is 32.2. The van der Waals surface area contributed by atoms with Gasteiger partial charge in [-0.2, -0.15) is 8.42 Å². The summed E-state index contributed by atoms with van der Waals surface area (Å²) >= 11 is 0. The monoisotopic (exact) mass is 249 g/mol. The summed E-state index contributed by atoms with van der Waals surface area (Å²) in [6.07, 6.45) is -0.838. The van der Waals surface area contributed by atoms with Gasteiger partial charge in [-0.15, -0.1) is 0 Å². The molecule has 16 heavy (non-hydrogen) atoms. The van der Waals surface area contributed by atoms with Crippen molar-refractivity contribution >= 4 is 10.1 Å². The summed E-state index contributed by atoms with van der Waals surface area (Å²) in [5, 5.41) is 0. The van der Waals surface area contributed by atoms with Crippen LogP contribution in [-0.4, -0.2) is 25.7 Å². The fourth-order valence-corrected chi connectivity index (χ4v) is 1.19. The molecule has 0 aromatic heterocycles. The molecule has 0 aliphatic heterocycles. The summed E-state index contributed by atoms with van der Waals surface area (Å²) in [4.78, 5) is -0.0666. The van der Waals surface area contributed by atoms with E-state index in [1.807, 2.05) is 6.92 Å². The minimum Gasteiger partial charge on any atom is -0.328 e. The third kappa shape index (κ3) is 6.49. The van der Waals surface area contributed by atoms with Gasteiger partial charge in [0.15, 0.2) is 0 Å². The van der Waals surface area contributed by atoms with Gasteiger partial charge in [0.25, 0.3) is 10.1 Å². The smallest absolute Gasteiger partial charge is 0.294 e. The number of halogens is 1. The first-order valence-corrected chi connectivity index (χ1v) is 6.09. The van der Waals surface area contributed by atoms with Crippen molar-refractivity contribution in [2.75, 3.05) is 6.54 Å². The minimum absolute atomic E-state index is 0.0666. The van der Waals surface area contributed by atoms with Crippen molar-refractivity contribution in [3.8, 4) is 0 Å². The van der Waals surface area contributed by atoms with Crippen LogP contribution in [-0.2, 0) is 10.1 Å². The van der Waals surface area contributed by atoms with Crippen LogP contribution in [0.15, 0.2) is 29.2 Å². The van der Waals surface area contributed by atoms with Gasteiger partial charge in [-0.05, 0) is 26.0 Å². The van der Waals surface area contributed by atoms with Crippen molar-refractivity contribution in [2.24, 2.45) is 5.73 Å². The van der Waals surface area contributed by atoms with Gasteiger partial charge in [0.1, 0.15) is 6.17 Å². The maximum absolute atomic E-state index is 11.3. The first kappa shape index (κ1) is 15.0. The van der Waals surface area contributed by atoms with Crippen LogP contribution in [0.3, 0.4) is 0 Å². The third-order valence-electron chi connectivity index (χ3n) is 1.64. The Bertz CT molecular complexity index is 401. The highest BCUT2D eigenvalue weighted by Gasteiger charge is 2.06. The number of rotatable bonds is 2. The Morgan fingerprint density at radius 2 is 1.75 bits per heavy atom. The van der Waals surface area contributed by atoms with E-state index in [-0.39, 0.29) is 11.4 Å². The minimum atomic E-state index is -4.02. The second-order valence-corrected chi connectivity index (χ2v) is 4.73. The molecule has 0 aliphatic carbocycles. The number of benzene rings is 1. The molecule has 0 aliphatic rings. The Balaban J connectivity index is 0.000000385. The molecule has 0 unspecified atom stereocenters. The molecule has 1 rings (SSSR count). The Morgan fingerprint density at radius 3 is 2.00 bits per heavy atom. The summed E-state index contributed by atoms with van der Waals surface area (Å²) in [7, 11) is -4.02. The Kier molecular flexibility index (Phi) is 6.17. The number of aryl methyl sites for hydroxylation is 1. The number of hydrogen-bond donors (Lipinski definition) is 2. The molecule has 0 saturated carbocycles. The molecular formula is C10H16FNO3S. The molecule has 1 atom stereocenters. The van der Waals surface area contributed by atoms with Crippen LogP contribution >= 0.6 is 0 Å². The van der Waals surface area contributed by atoms with Crippen molar-refractivity contribution < 1.29 is 17.4 Å². The van der Waals surface area contributed by atoms with Gasteiger partial charge >= 0.3 is 0 Å². The van der Waals surface area contributed by atoms with Gasteiger partial charge in [0.05, 0.1) is 4.90 Å². The number of nitrogens with two attached hydrogens (primary N) is 1. The van der Waals surface area contributed by atoms with Gasteiger partial charge in [0, 0.05) is 6.54 Å². The lowest BCUT2D eigenvalue weighted by atomic mass is 10.2. The molecule has 0 bridgehead atoms. The fourth-order valence-electron chi connectivity index (χ4n) is 0.710. The van der Waals surface area contributed by atoms with E-state index in [9.17, 15) is 12.8 Å². The molecule has 92 valence electrons. The zero-order valence-corrected chi connectivity index (χ0v) is 10.0. The fraction of sp³-hybridized carbons (Fsp3) is 0.400. The number of alkyl halides is 1. The molecule has 1 aromatic rings. The molecule has 0 spiro atoms. The molecule has 6 heteroatoms. The summed E-state index contributed by atoms with van der Waals surface area (Å²) in [6, 6.07) is 5.99. The summed E-state index contributed by atoms with van der Waals surface area (Å²) in [5.41, 5.74) is 5.75. The van der Waals surface area contributed by atoms with Crippen LogP contribution in [0.25, 0.3) is 0 Å². The van der Waals surface area contributed by atoms with Crippen LogP contribution in [0, 0.1) is 6.92 Å². The third-order valence-corrected chi connectivity index (χ3v) is 2.51. The highest BCUT2D eigenvalue weighted by molar-refractivity contribution is 7.85. The van der Waals surface area contributed by atoms with Crippen molar-refractivity contribution in [1.29, 1.82) is 0 Å². The summed E-state index contributed by atoms with van der Waals surface area (Å²) in [6.45, 7) is 3.41. The van der Waals surface area contributed by atoms with Gasteiger partial charge in [-0.25, -0.2) is 4.39 Å². The second-order valence-electron chi connectivity index (χ2n) is 3.30. The van der Waals surface area contributed by atoms with Gasteiger partial charge < -0.3 is 5.73 Å². The molecule has 0 amide bonds. The molecular weight excluding hydrogens is 233 g/mol. The van der Waals surface area contributed by atoms with E-state index < -0.39 is 16.3 Å². The molecule has 1 aromatic carbocycles. The Hall–Kier alpha value is -0.980. The van der Waals surface area contributed by atoms with Crippen molar-refractivity contribution in [2.45, 2.75) is 24.9 Å². The first-order valence-electron chi connectivity index (χ1n) is 4.65. The maximum Gasteiger partial charge on any atom is 0.294 e. The topological polar surface area (TPSA) is 80.4 Å². The molecule has 0 radical (unpaired) electrons. The number of hydrogen-bond acceptors (Lipinski definition) is 3. The lowest BCUT2D eigenvalue weighted by molar-refractivity contribution is 0.370. The van der Waals surface area contributed by atoms with Gasteiger partial charge in [0.2, 0.25) is 0 Å². The maximum atomic E-state index is 11.3. The lowest BCUT2D eigenvalue weighted by Crippen LogP contribution is -2.09. The van der Waals surface area contributed by atoms with Crippen LogP contribution in [0.1, 0.15) is 12.5 Å². The van der Waals surface area contributed by atoms with Crippen LogP contribution in [0.2, 0.25) is 0 Å². The Labute approximate surface area is 95.0 Å². The lowest BCUT2D eigenvalue weighted by Gasteiger charge is -1.95.